The first-order chi connectivity index (χ1) is 13.5. The van der Waals surface area contributed by atoms with Gasteiger partial charge in [0.15, 0.2) is 0 Å². The summed E-state index contributed by atoms with van der Waals surface area (Å²) in [7, 11) is 1.82. The molecule has 2 aliphatic heterocycles. The predicted molar refractivity (Wildman–Crippen MR) is 107 cm³/mol. The number of aromatic nitrogens is 2. The van der Waals surface area contributed by atoms with Crippen LogP contribution in [0.1, 0.15) is 48.0 Å². The molecule has 0 saturated carbocycles. The van der Waals surface area contributed by atoms with Gasteiger partial charge in [-0.1, -0.05) is 30.3 Å². The fourth-order valence-corrected chi connectivity index (χ4v) is 4.76. The summed E-state index contributed by atoms with van der Waals surface area (Å²) in [6.07, 6.45) is 6.16. The van der Waals surface area contributed by atoms with Crippen molar-refractivity contribution in [3.05, 3.63) is 53.9 Å². The Labute approximate surface area is 166 Å². The van der Waals surface area contributed by atoms with Gasteiger partial charge in [-0.05, 0) is 37.2 Å². The van der Waals surface area contributed by atoms with Crippen LogP contribution in [0.2, 0.25) is 0 Å². The van der Waals surface area contributed by atoms with Gasteiger partial charge in [-0.15, -0.1) is 0 Å². The zero-order chi connectivity index (χ0) is 19.7. The number of rotatable bonds is 3. The minimum absolute atomic E-state index is 0.0572. The van der Waals surface area contributed by atoms with E-state index in [-0.39, 0.29) is 23.1 Å². The number of amides is 2. The minimum atomic E-state index is -0.0736. The molecule has 6 nitrogen and oxygen atoms in total. The maximum atomic E-state index is 13.0. The predicted octanol–water partition coefficient (Wildman–Crippen LogP) is 2.68. The number of piperidine rings is 2. The SMILES string of the molecule is CCN1CC2(CCN(C(=O)c3cnn(C)c3)CC2)C[C@@H](c2ccccc2)C1=O. The third kappa shape index (κ3) is 3.43. The molecule has 6 heteroatoms. The molecular weight excluding hydrogens is 352 g/mol. The molecule has 28 heavy (non-hydrogen) atoms. The molecule has 1 atom stereocenters. The van der Waals surface area contributed by atoms with Gasteiger partial charge in [-0.25, -0.2) is 0 Å². The summed E-state index contributed by atoms with van der Waals surface area (Å²) in [4.78, 5) is 29.7. The summed E-state index contributed by atoms with van der Waals surface area (Å²) in [5, 5.41) is 4.11. The number of hydrogen-bond donors (Lipinski definition) is 0. The van der Waals surface area contributed by atoms with E-state index in [0.29, 0.717) is 5.56 Å². The van der Waals surface area contributed by atoms with Crippen LogP contribution in [0.15, 0.2) is 42.7 Å². The van der Waals surface area contributed by atoms with Crippen LogP contribution in [-0.2, 0) is 11.8 Å². The standard InChI is InChI=1S/C22H28N4O2/c1-3-25-16-22(13-19(21(25)28)17-7-5-4-6-8-17)9-11-26(12-10-22)20(27)18-14-23-24(2)15-18/h4-8,14-15,19H,3,9-13,16H2,1-2H3/t19-/m0/s1. The molecule has 1 aromatic heterocycles. The molecule has 1 spiro atoms. The molecule has 1 aromatic carbocycles. The van der Waals surface area contributed by atoms with Gasteiger partial charge in [-0.3, -0.25) is 14.3 Å². The van der Waals surface area contributed by atoms with E-state index in [0.717, 1.165) is 51.0 Å². The lowest BCUT2D eigenvalue weighted by Crippen LogP contribution is -2.54. The summed E-state index contributed by atoms with van der Waals surface area (Å²) >= 11 is 0. The lowest BCUT2D eigenvalue weighted by atomic mass is 9.67. The van der Waals surface area contributed by atoms with Crippen molar-refractivity contribution >= 4 is 11.8 Å². The molecular formula is C22H28N4O2. The van der Waals surface area contributed by atoms with Crippen molar-refractivity contribution < 1.29 is 9.59 Å². The van der Waals surface area contributed by atoms with E-state index in [1.807, 2.05) is 35.0 Å². The van der Waals surface area contributed by atoms with Gasteiger partial charge in [0.2, 0.25) is 5.91 Å². The average Bonchev–Trinajstić information content (AvgIpc) is 3.17. The highest BCUT2D eigenvalue weighted by atomic mass is 16.2. The largest absolute Gasteiger partial charge is 0.342 e. The van der Waals surface area contributed by atoms with E-state index in [9.17, 15) is 9.59 Å². The van der Waals surface area contributed by atoms with E-state index < -0.39 is 0 Å². The number of hydrogen-bond acceptors (Lipinski definition) is 3. The molecule has 0 radical (unpaired) electrons. The number of nitrogens with zero attached hydrogens (tertiary/aromatic N) is 4. The van der Waals surface area contributed by atoms with Gasteiger partial charge in [0.25, 0.3) is 5.91 Å². The van der Waals surface area contributed by atoms with Gasteiger partial charge in [0.1, 0.15) is 0 Å². The number of carbonyl (C=O) groups is 2. The van der Waals surface area contributed by atoms with Gasteiger partial charge in [0.05, 0.1) is 17.7 Å². The first kappa shape index (κ1) is 18.7. The van der Waals surface area contributed by atoms with Crippen molar-refractivity contribution in [2.75, 3.05) is 26.2 Å². The second-order valence-corrected chi connectivity index (χ2v) is 8.21. The Balaban J connectivity index is 1.50. The number of carbonyl (C=O) groups excluding carboxylic acids is 2. The van der Waals surface area contributed by atoms with Crippen LogP contribution in [0.25, 0.3) is 0 Å². The van der Waals surface area contributed by atoms with Crippen LogP contribution in [0.4, 0.5) is 0 Å². The maximum absolute atomic E-state index is 13.0. The Bertz CT molecular complexity index is 852. The summed E-state index contributed by atoms with van der Waals surface area (Å²) in [5.41, 5.74) is 1.85. The second kappa shape index (κ2) is 7.41. The third-order valence-electron chi connectivity index (χ3n) is 6.42. The molecule has 2 amide bonds. The Morgan fingerprint density at radius 1 is 1.21 bits per heavy atom. The van der Waals surface area contributed by atoms with E-state index in [2.05, 4.69) is 24.2 Å². The molecule has 0 N–H and O–H groups in total. The molecule has 3 heterocycles. The number of aryl methyl sites for hydroxylation is 1. The van der Waals surface area contributed by atoms with Gasteiger partial charge in [0, 0.05) is 39.4 Å². The normalized spacial score (nSPS) is 21.9. The molecule has 0 aliphatic carbocycles. The Kier molecular flexibility index (Phi) is 4.96. The fourth-order valence-electron chi connectivity index (χ4n) is 4.76. The minimum Gasteiger partial charge on any atom is -0.342 e. The Hall–Kier alpha value is -2.63. The Morgan fingerprint density at radius 3 is 2.54 bits per heavy atom. The van der Waals surface area contributed by atoms with Crippen LogP contribution in [0, 0.1) is 5.41 Å². The van der Waals surface area contributed by atoms with Crippen LogP contribution >= 0.6 is 0 Å². The smallest absolute Gasteiger partial charge is 0.257 e. The van der Waals surface area contributed by atoms with E-state index in [1.54, 1.807) is 17.1 Å². The van der Waals surface area contributed by atoms with Crippen molar-refractivity contribution in [1.82, 2.24) is 19.6 Å². The lowest BCUT2D eigenvalue weighted by Gasteiger charge is -2.49. The van der Waals surface area contributed by atoms with Crippen molar-refractivity contribution in [2.24, 2.45) is 12.5 Å². The van der Waals surface area contributed by atoms with E-state index in [1.165, 1.54) is 0 Å². The molecule has 2 aromatic rings. The van der Waals surface area contributed by atoms with Crippen LogP contribution in [0.3, 0.4) is 0 Å². The summed E-state index contributed by atoms with van der Waals surface area (Å²) < 4.78 is 1.66. The molecule has 2 fully saturated rings. The highest BCUT2D eigenvalue weighted by Crippen LogP contribution is 2.45. The molecule has 0 unspecified atom stereocenters. The van der Waals surface area contributed by atoms with Crippen molar-refractivity contribution in [1.29, 1.82) is 0 Å². The first-order valence-electron chi connectivity index (χ1n) is 10.1. The molecule has 2 saturated heterocycles. The maximum Gasteiger partial charge on any atom is 0.257 e. The number of likely N-dealkylation sites (N-methyl/N-ethyl adjacent to an activating group) is 1. The lowest BCUT2D eigenvalue weighted by molar-refractivity contribution is -0.141. The first-order valence-corrected chi connectivity index (χ1v) is 10.1. The summed E-state index contributed by atoms with van der Waals surface area (Å²) in [6.45, 7) is 5.07. The topological polar surface area (TPSA) is 58.4 Å². The van der Waals surface area contributed by atoms with Crippen LogP contribution in [0.5, 0.6) is 0 Å². The average molecular weight is 380 g/mol. The Morgan fingerprint density at radius 2 is 1.93 bits per heavy atom. The van der Waals surface area contributed by atoms with Gasteiger partial charge in [-0.2, -0.15) is 5.10 Å². The molecule has 4 rings (SSSR count). The quantitative estimate of drug-likeness (QED) is 0.823. The number of benzene rings is 1. The molecule has 0 bridgehead atoms. The zero-order valence-electron chi connectivity index (χ0n) is 16.7. The van der Waals surface area contributed by atoms with Crippen molar-refractivity contribution in [3.8, 4) is 0 Å². The van der Waals surface area contributed by atoms with Crippen LogP contribution in [-0.4, -0.2) is 57.6 Å². The van der Waals surface area contributed by atoms with Crippen LogP contribution < -0.4 is 0 Å². The van der Waals surface area contributed by atoms with Gasteiger partial charge < -0.3 is 9.80 Å². The summed E-state index contributed by atoms with van der Waals surface area (Å²) in [5.74, 6) is 0.227. The van der Waals surface area contributed by atoms with Gasteiger partial charge >= 0.3 is 0 Å². The highest BCUT2D eigenvalue weighted by molar-refractivity contribution is 5.93. The second-order valence-electron chi connectivity index (χ2n) is 8.21. The van der Waals surface area contributed by atoms with Crippen molar-refractivity contribution in [3.63, 3.8) is 0 Å². The third-order valence-corrected chi connectivity index (χ3v) is 6.42. The molecule has 2 aliphatic rings. The zero-order valence-corrected chi connectivity index (χ0v) is 16.7. The van der Waals surface area contributed by atoms with E-state index >= 15 is 0 Å². The van der Waals surface area contributed by atoms with Crippen molar-refractivity contribution in [2.45, 2.75) is 32.1 Å². The fraction of sp³-hybridized carbons (Fsp3) is 0.500. The van der Waals surface area contributed by atoms with E-state index in [4.69, 9.17) is 0 Å². The monoisotopic (exact) mass is 380 g/mol. The molecule has 148 valence electrons. The highest BCUT2D eigenvalue weighted by Gasteiger charge is 2.46. The number of likely N-dealkylation sites (tertiary alicyclic amines) is 2. The summed E-state index contributed by atoms with van der Waals surface area (Å²) in [6, 6.07) is 10.1.